The molecule has 0 rings (SSSR count). The summed E-state index contributed by atoms with van der Waals surface area (Å²) in [6.45, 7) is 2.60. The van der Waals surface area contributed by atoms with Gasteiger partial charge < -0.3 is 23.8 Å². The average molecular weight is 413 g/mol. The standard InChI is InChI=1S/C19H41O5PS/c1-3-5-7-9-11-13-15-22-17-19(18-24-25(20,21)26)23-16-14-12-10-8-6-4-2/h19H,3-18H2,1-2H3,(H2,20,21,26)/t19-/m1/s1. The van der Waals surface area contributed by atoms with Crippen molar-refractivity contribution >= 4 is 18.5 Å². The van der Waals surface area contributed by atoms with Crippen molar-refractivity contribution < 1.29 is 23.8 Å². The molecular formula is C19H41O5PS. The molecule has 0 aliphatic carbocycles. The van der Waals surface area contributed by atoms with Crippen molar-refractivity contribution in [2.45, 2.75) is 97.0 Å². The summed E-state index contributed by atoms with van der Waals surface area (Å²) in [7, 11) is 0. The highest BCUT2D eigenvalue weighted by Crippen LogP contribution is 2.36. The number of hydrogen-bond donors (Lipinski definition) is 2. The Morgan fingerprint density at radius 2 is 1.23 bits per heavy atom. The van der Waals surface area contributed by atoms with Crippen molar-refractivity contribution in [1.82, 2.24) is 0 Å². The molecule has 0 heterocycles. The normalized spacial score (nSPS) is 13.2. The molecule has 7 heteroatoms. The van der Waals surface area contributed by atoms with Crippen LogP contribution in [-0.2, 0) is 25.8 Å². The molecule has 158 valence electrons. The van der Waals surface area contributed by atoms with E-state index in [2.05, 4.69) is 25.7 Å². The van der Waals surface area contributed by atoms with Gasteiger partial charge in [0.1, 0.15) is 6.10 Å². The first-order chi connectivity index (χ1) is 12.5. The highest BCUT2D eigenvalue weighted by molar-refractivity contribution is 8.06. The zero-order valence-electron chi connectivity index (χ0n) is 16.9. The minimum Gasteiger partial charge on any atom is -0.379 e. The van der Waals surface area contributed by atoms with Gasteiger partial charge in [-0.05, 0) is 24.6 Å². The van der Waals surface area contributed by atoms with Gasteiger partial charge in [-0.3, -0.25) is 0 Å². The van der Waals surface area contributed by atoms with E-state index in [1.165, 1.54) is 57.8 Å². The van der Waals surface area contributed by atoms with Crippen LogP contribution in [0.5, 0.6) is 0 Å². The molecule has 0 bridgehead atoms. The second-order valence-corrected chi connectivity index (χ2v) is 9.56. The Bertz CT molecular complexity index is 338. The Labute approximate surface area is 166 Å². The molecule has 0 aliphatic heterocycles. The second kappa shape index (κ2) is 18.8. The van der Waals surface area contributed by atoms with E-state index in [1.807, 2.05) is 0 Å². The number of rotatable bonds is 20. The van der Waals surface area contributed by atoms with Crippen LogP contribution < -0.4 is 0 Å². The van der Waals surface area contributed by atoms with Crippen LogP contribution in [-0.4, -0.2) is 42.3 Å². The van der Waals surface area contributed by atoms with Gasteiger partial charge in [-0.2, -0.15) is 0 Å². The predicted octanol–water partition coefficient (Wildman–Crippen LogP) is 5.33. The molecule has 0 fully saturated rings. The molecule has 0 unspecified atom stereocenters. The third-order valence-corrected chi connectivity index (χ3v) is 5.03. The van der Waals surface area contributed by atoms with Gasteiger partial charge in [0.15, 0.2) is 0 Å². The van der Waals surface area contributed by atoms with Gasteiger partial charge in [0, 0.05) is 13.2 Å². The van der Waals surface area contributed by atoms with Crippen molar-refractivity contribution in [3.63, 3.8) is 0 Å². The maximum absolute atomic E-state index is 9.23. The van der Waals surface area contributed by atoms with E-state index in [0.29, 0.717) is 19.8 Å². The third kappa shape index (κ3) is 20.8. The van der Waals surface area contributed by atoms with E-state index < -0.39 is 6.72 Å². The Kier molecular flexibility index (Phi) is 19.1. The monoisotopic (exact) mass is 412 g/mol. The summed E-state index contributed by atoms with van der Waals surface area (Å²) in [5, 5.41) is 0. The molecular weight excluding hydrogens is 371 g/mol. The Morgan fingerprint density at radius 1 is 0.731 bits per heavy atom. The minimum absolute atomic E-state index is 0.0661. The van der Waals surface area contributed by atoms with Gasteiger partial charge in [0.25, 0.3) is 0 Å². The van der Waals surface area contributed by atoms with Gasteiger partial charge in [0.05, 0.1) is 13.2 Å². The summed E-state index contributed by atoms with van der Waals surface area (Å²) < 4.78 is 16.4. The van der Waals surface area contributed by atoms with E-state index in [0.717, 1.165) is 19.3 Å². The van der Waals surface area contributed by atoms with Crippen LogP contribution in [0, 0.1) is 0 Å². The van der Waals surface area contributed by atoms with E-state index in [1.54, 1.807) is 0 Å². The van der Waals surface area contributed by atoms with Crippen molar-refractivity contribution in [3.8, 4) is 0 Å². The smallest absolute Gasteiger partial charge is 0.321 e. The topological polar surface area (TPSA) is 68.2 Å². The maximum Gasteiger partial charge on any atom is 0.321 e. The van der Waals surface area contributed by atoms with Crippen LogP contribution >= 0.6 is 6.72 Å². The van der Waals surface area contributed by atoms with E-state index in [9.17, 15) is 9.79 Å². The van der Waals surface area contributed by atoms with Crippen molar-refractivity contribution in [1.29, 1.82) is 0 Å². The summed E-state index contributed by atoms with van der Waals surface area (Å²) >= 11 is 4.51. The number of hydrogen-bond acceptors (Lipinski definition) is 4. The molecule has 0 saturated carbocycles. The second-order valence-electron chi connectivity index (χ2n) is 6.89. The van der Waals surface area contributed by atoms with E-state index >= 15 is 0 Å². The molecule has 2 N–H and O–H groups in total. The summed E-state index contributed by atoms with van der Waals surface area (Å²) in [5.74, 6) is 0. The fourth-order valence-corrected chi connectivity index (χ4v) is 3.20. The van der Waals surface area contributed by atoms with Gasteiger partial charge in [-0.25, -0.2) is 0 Å². The summed E-state index contributed by atoms with van der Waals surface area (Å²) in [5.41, 5.74) is 0. The lowest BCUT2D eigenvalue weighted by Crippen LogP contribution is -2.26. The van der Waals surface area contributed by atoms with Crippen LogP contribution in [0.4, 0.5) is 0 Å². The first-order valence-corrected chi connectivity index (χ1v) is 13.0. The largest absolute Gasteiger partial charge is 0.379 e. The van der Waals surface area contributed by atoms with Gasteiger partial charge >= 0.3 is 6.72 Å². The molecule has 0 saturated heterocycles. The zero-order chi connectivity index (χ0) is 19.5. The molecule has 1 atom stereocenters. The van der Waals surface area contributed by atoms with E-state index in [4.69, 9.17) is 14.0 Å². The Balaban J connectivity index is 3.83. The Hall–Kier alpha value is 0.450. The lowest BCUT2D eigenvalue weighted by atomic mass is 10.1. The van der Waals surface area contributed by atoms with Crippen LogP contribution in [0.25, 0.3) is 0 Å². The molecule has 0 aromatic carbocycles. The maximum atomic E-state index is 9.23. The van der Waals surface area contributed by atoms with Gasteiger partial charge in [-0.1, -0.05) is 78.1 Å². The quantitative estimate of drug-likeness (QED) is 0.208. The fourth-order valence-electron chi connectivity index (χ4n) is 2.66. The van der Waals surface area contributed by atoms with Gasteiger partial charge in [-0.15, -0.1) is 0 Å². The molecule has 26 heavy (non-hydrogen) atoms. The van der Waals surface area contributed by atoms with Crippen molar-refractivity contribution in [3.05, 3.63) is 0 Å². The lowest BCUT2D eigenvalue weighted by molar-refractivity contribution is -0.0406. The molecule has 0 spiro atoms. The van der Waals surface area contributed by atoms with Crippen LogP contribution in [0.2, 0.25) is 0 Å². The average Bonchev–Trinajstić information content (AvgIpc) is 2.59. The summed E-state index contributed by atoms with van der Waals surface area (Å²) in [6.07, 6.45) is 14.3. The van der Waals surface area contributed by atoms with Crippen LogP contribution in [0.3, 0.4) is 0 Å². The minimum atomic E-state index is -3.64. The van der Waals surface area contributed by atoms with Crippen molar-refractivity contribution in [2.75, 3.05) is 26.4 Å². The highest BCUT2D eigenvalue weighted by Gasteiger charge is 2.15. The first kappa shape index (κ1) is 26.4. The fraction of sp³-hybridized carbons (Fsp3) is 1.00. The summed E-state index contributed by atoms with van der Waals surface area (Å²) in [6, 6.07) is 0. The lowest BCUT2D eigenvalue weighted by Gasteiger charge is -2.19. The highest BCUT2D eigenvalue weighted by atomic mass is 32.5. The van der Waals surface area contributed by atoms with E-state index in [-0.39, 0.29) is 12.7 Å². The van der Waals surface area contributed by atoms with Crippen molar-refractivity contribution in [2.24, 2.45) is 0 Å². The molecule has 5 nitrogen and oxygen atoms in total. The molecule has 0 radical (unpaired) electrons. The first-order valence-electron chi connectivity index (χ1n) is 10.4. The predicted molar refractivity (Wildman–Crippen MR) is 112 cm³/mol. The Morgan fingerprint density at radius 3 is 1.77 bits per heavy atom. The zero-order valence-corrected chi connectivity index (χ0v) is 18.6. The number of ether oxygens (including phenoxy) is 2. The number of unbranched alkanes of at least 4 members (excludes halogenated alkanes) is 10. The molecule has 0 amide bonds. The SMILES string of the molecule is CCCCCCCCOC[C@H](COP(O)(O)=S)OCCCCCCCC. The molecule has 0 aromatic rings. The third-order valence-electron chi connectivity index (χ3n) is 4.23. The van der Waals surface area contributed by atoms with Crippen LogP contribution in [0.15, 0.2) is 0 Å². The molecule has 0 aliphatic rings. The summed E-state index contributed by atoms with van der Waals surface area (Å²) in [4.78, 5) is 18.5. The van der Waals surface area contributed by atoms with Gasteiger partial charge in [0.2, 0.25) is 0 Å². The molecule has 0 aromatic heterocycles. The van der Waals surface area contributed by atoms with Crippen LogP contribution in [0.1, 0.15) is 90.9 Å².